The van der Waals surface area contributed by atoms with Crippen LogP contribution in [0.3, 0.4) is 0 Å². The van der Waals surface area contributed by atoms with E-state index in [1.165, 1.54) is 0 Å². The normalized spacial score (nSPS) is 17.8. The van der Waals surface area contributed by atoms with Crippen molar-refractivity contribution in [3.63, 3.8) is 0 Å². The van der Waals surface area contributed by atoms with Crippen molar-refractivity contribution >= 4 is 11.5 Å². The molecule has 19 heavy (non-hydrogen) atoms. The van der Waals surface area contributed by atoms with Crippen LogP contribution >= 0.6 is 0 Å². The number of aliphatic hydroxyl groups excluding tert-OH is 1. The number of pyridine rings is 1. The minimum atomic E-state index is -0.106. The third kappa shape index (κ3) is 2.15. The van der Waals surface area contributed by atoms with Crippen LogP contribution in [0.1, 0.15) is 5.56 Å². The highest BCUT2D eigenvalue weighted by molar-refractivity contribution is 5.69. The average molecular weight is 256 g/mol. The Bertz CT molecular complexity index is 569. The molecule has 0 bridgehead atoms. The standard InChI is InChI=1S/C15H16N2O2/c1-11-6-7-15(16-8-11)17-12(9-18)10-19-14-5-3-2-4-13(14)17/h2-8,12,18H,9-10H2,1H3. The topological polar surface area (TPSA) is 45.6 Å². The summed E-state index contributed by atoms with van der Waals surface area (Å²) in [5.41, 5.74) is 2.06. The van der Waals surface area contributed by atoms with E-state index in [4.69, 9.17) is 4.74 Å². The molecular formula is C15H16N2O2. The molecule has 1 aliphatic rings. The summed E-state index contributed by atoms with van der Waals surface area (Å²) in [6.45, 7) is 2.50. The fourth-order valence-electron chi connectivity index (χ4n) is 2.28. The third-order valence-corrected chi connectivity index (χ3v) is 3.27. The second kappa shape index (κ2) is 4.90. The maximum absolute atomic E-state index is 9.55. The Morgan fingerprint density at radius 3 is 2.89 bits per heavy atom. The van der Waals surface area contributed by atoms with Crippen LogP contribution in [0, 0.1) is 6.92 Å². The summed E-state index contributed by atoms with van der Waals surface area (Å²) in [5.74, 6) is 1.66. The number of rotatable bonds is 2. The van der Waals surface area contributed by atoms with Crippen molar-refractivity contribution < 1.29 is 9.84 Å². The van der Waals surface area contributed by atoms with E-state index in [1.54, 1.807) is 0 Å². The van der Waals surface area contributed by atoms with Gasteiger partial charge in [-0.25, -0.2) is 4.98 Å². The number of aromatic nitrogens is 1. The molecule has 0 saturated heterocycles. The molecular weight excluding hydrogens is 240 g/mol. The van der Waals surface area contributed by atoms with Crippen LogP contribution in [-0.4, -0.2) is 29.3 Å². The summed E-state index contributed by atoms with van der Waals surface area (Å²) in [4.78, 5) is 6.50. The van der Waals surface area contributed by atoms with E-state index in [9.17, 15) is 5.11 Å². The Hall–Kier alpha value is -2.07. The average Bonchev–Trinajstić information content (AvgIpc) is 2.47. The van der Waals surface area contributed by atoms with Crippen LogP contribution in [0.25, 0.3) is 0 Å². The van der Waals surface area contributed by atoms with Gasteiger partial charge in [-0.1, -0.05) is 18.2 Å². The highest BCUT2D eigenvalue weighted by Crippen LogP contribution is 2.37. The molecule has 3 rings (SSSR count). The Kier molecular flexibility index (Phi) is 3.09. The lowest BCUT2D eigenvalue weighted by atomic mass is 10.1. The van der Waals surface area contributed by atoms with Crippen LogP contribution in [-0.2, 0) is 0 Å². The first-order valence-corrected chi connectivity index (χ1v) is 6.34. The van der Waals surface area contributed by atoms with Gasteiger partial charge in [0.1, 0.15) is 18.2 Å². The van der Waals surface area contributed by atoms with Crippen LogP contribution in [0.5, 0.6) is 5.75 Å². The van der Waals surface area contributed by atoms with Crippen molar-refractivity contribution in [2.75, 3.05) is 18.1 Å². The van der Waals surface area contributed by atoms with Gasteiger partial charge in [-0.15, -0.1) is 0 Å². The summed E-state index contributed by atoms with van der Waals surface area (Å²) >= 11 is 0. The second-order valence-electron chi connectivity index (χ2n) is 4.68. The van der Waals surface area contributed by atoms with E-state index in [-0.39, 0.29) is 12.6 Å². The number of nitrogens with zero attached hydrogens (tertiary/aromatic N) is 2. The Morgan fingerprint density at radius 2 is 2.16 bits per heavy atom. The lowest BCUT2D eigenvalue weighted by Gasteiger charge is -2.36. The van der Waals surface area contributed by atoms with E-state index in [0.29, 0.717) is 6.61 Å². The SMILES string of the molecule is Cc1ccc(N2c3ccccc3OCC2CO)nc1. The number of anilines is 2. The van der Waals surface area contributed by atoms with Crippen molar-refractivity contribution in [1.29, 1.82) is 0 Å². The van der Waals surface area contributed by atoms with Gasteiger partial charge < -0.3 is 14.7 Å². The molecule has 1 aromatic heterocycles. The van der Waals surface area contributed by atoms with Crippen molar-refractivity contribution in [2.24, 2.45) is 0 Å². The molecule has 1 aromatic carbocycles. The van der Waals surface area contributed by atoms with Crippen LogP contribution < -0.4 is 9.64 Å². The maximum Gasteiger partial charge on any atom is 0.143 e. The minimum absolute atomic E-state index is 0.0316. The molecule has 4 heteroatoms. The zero-order valence-electron chi connectivity index (χ0n) is 10.8. The third-order valence-electron chi connectivity index (χ3n) is 3.27. The number of fused-ring (bicyclic) bond motifs is 1. The number of para-hydroxylation sites is 2. The Labute approximate surface area is 112 Å². The van der Waals surface area contributed by atoms with Gasteiger partial charge in [0.15, 0.2) is 0 Å². The van der Waals surface area contributed by atoms with E-state index >= 15 is 0 Å². The van der Waals surface area contributed by atoms with E-state index in [2.05, 4.69) is 4.98 Å². The monoisotopic (exact) mass is 256 g/mol. The molecule has 4 nitrogen and oxygen atoms in total. The summed E-state index contributed by atoms with van der Waals surface area (Å²) in [6, 6.07) is 11.7. The first-order chi connectivity index (χ1) is 9.29. The number of benzene rings is 1. The van der Waals surface area contributed by atoms with E-state index < -0.39 is 0 Å². The van der Waals surface area contributed by atoms with E-state index in [0.717, 1.165) is 22.8 Å². The van der Waals surface area contributed by atoms with Gasteiger partial charge in [0.2, 0.25) is 0 Å². The lowest BCUT2D eigenvalue weighted by Crippen LogP contribution is -2.42. The summed E-state index contributed by atoms with van der Waals surface area (Å²) in [6.07, 6.45) is 1.84. The molecule has 1 unspecified atom stereocenters. The number of hydrogen-bond acceptors (Lipinski definition) is 4. The first kappa shape index (κ1) is 12.0. The zero-order valence-corrected chi connectivity index (χ0v) is 10.8. The number of hydrogen-bond donors (Lipinski definition) is 1. The van der Waals surface area contributed by atoms with Gasteiger partial charge in [-0.3, -0.25) is 0 Å². The summed E-state index contributed by atoms with van der Waals surface area (Å²) in [7, 11) is 0. The first-order valence-electron chi connectivity index (χ1n) is 6.34. The summed E-state index contributed by atoms with van der Waals surface area (Å²) < 4.78 is 5.67. The zero-order chi connectivity index (χ0) is 13.2. The van der Waals surface area contributed by atoms with Crippen LogP contribution in [0.2, 0.25) is 0 Å². The molecule has 2 heterocycles. The molecule has 0 spiro atoms. The lowest BCUT2D eigenvalue weighted by molar-refractivity contribution is 0.194. The second-order valence-corrected chi connectivity index (χ2v) is 4.68. The molecule has 0 aliphatic carbocycles. The fourth-order valence-corrected chi connectivity index (χ4v) is 2.28. The molecule has 0 fully saturated rings. The number of aryl methyl sites for hydroxylation is 1. The van der Waals surface area contributed by atoms with Gasteiger partial charge in [0.25, 0.3) is 0 Å². The van der Waals surface area contributed by atoms with Gasteiger partial charge >= 0.3 is 0 Å². The predicted octanol–water partition coefficient (Wildman–Crippen LogP) is 2.28. The smallest absolute Gasteiger partial charge is 0.143 e. The van der Waals surface area contributed by atoms with Crippen molar-refractivity contribution in [3.8, 4) is 5.75 Å². The summed E-state index contributed by atoms with van der Waals surface area (Å²) in [5, 5.41) is 9.55. The molecule has 0 radical (unpaired) electrons. The molecule has 0 amide bonds. The van der Waals surface area contributed by atoms with Crippen LogP contribution in [0.4, 0.5) is 11.5 Å². The largest absolute Gasteiger partial charge is 0.489 e. The van der Waals surface area contributed by atoms with Crippen molar-refractivity contribution in [1.82, 2.24) is 4.98 Å². The Morgan fingerprint density at radius 1 is 1.32 bits per heavy atom. The van der Waals surface area contributed by atoms with Gasteiger partial charge in [-0.2, -0.15) is 0 Å². The highest BCUT2D eigenvalue weighted by Gasteiger charge is 2.28. The highest BCUT2D eigenvalue weighted by atomic mass is 16.5. The van der Waals surface area contributed by atoms with Crippen LogP contribution in [0.15, 0.2) is 42.6 Å². The predicted molar refractivity (Wildman–Crippen MR) is 73.9 cm³/mol. The molecule has 2 aromatic rings. The van der Waals surface area contributed by atoms with E-state index in [1.807, 2.05) is 54.4 Å². The number of aliphatic hydroxyl groups is 1. The minimum Gasteiger partial charge on any atom is -0.489 e. The molecule has 1 atom stereocenters. The molecule has 1 N–H and O–H groups in total. The Balaban J connectivity index is 2.07. The maximum atomic E-state index is 9.55. The fraction of sp³-hybridized carbons (Fsp3) is 0.267. The number of ether oxygens (including phenoxy) is 1. The quantitative estimate of drug-likeness (QED) is 0.895. The van der Waals surface area contributed by atoms with Gasteiger partial charge in [0.05, 0.1) is 18.3 Å². The van der Waals surface area contributed by atoms with Gasteiger partial charge in [0, 0.05) is 6.20 Å². The molecule has 1 aliphatic heterocycles. The molecule has 0 saturated carbocycles. The van der Waals surface area contributed by atoms with Crippen molar-refractivity contribution in [3.05, 3.63) is 48.2 Å². The van der Waals surface area contributed by atoms with Crippen molar-refractivity contribution in [2.45, 2.75) is 13.0 Å². The van der Waals surface area contributed by atoms with Gasteiger partial charge in [-0.05, 0) is 30.7 Å². The molecule has 98 valence electrons.